The molecule has 0 aromatic heterocycles. The second kappa shape index (κ2) is 7.28. The summed E-state index contributed by atoms with van der Waals surface area (Å²) in [4.78, 5) is 14.7. The Labute approximate surface area is 118 Å². The predicted octanol–water partition coefficient (Wildman–Crippen LogP) is 2.95. The maximum Gasteiger partial charge on any atom is 0.236 e. The van der Waals surface area contributed by atoms with Gasteiger partial charge in [0, 0.05) is 18.6 Å². The molecular formula is C16H30N2O. The third kappa shape index (κ3) is 4.48. The molecule has 0 spiro atoms. The SMILES string of the molecule is CC(C)CN(C(=O)CNC1CCCC1)C1CCCC1. The van der Waals surface area contributed by atoms with Crippen LogP contribution >= 0.6 is 0 Å². The number of carbonyl (C=O) groups is 1. The van der Waals surface area contributed by atoms with E-state index in [4.69, 9.17) is 0 Å². The van der Waals surface area contributed by atoms with Gasteiger partial charge in [0.2, 0.25) is 5.91 Å². The fourth-order valence-electron chi connectivity index (χ4n) is 3.53. The van der Waals surface area contributed by atoms with Gasteiger partial charge in [-0.25, -0.2) is 0 Å². The fraction of sp³-hybridized carbons (Fsp3) is 0.938. The summed E-state index contributed by atoms with van der Waals surface area (Å²) in [6, 6.07) is 1.11. The first-order valence-corrected chi connectivity index (χ1v) is 8.19. The summed E-state index contributed by atoms with van der Waals surface area (Å²) >= 11 is 0. The van der Waals surface area contributed by atoms with Gasteiger partial charge >= 0.3 is 0 Å². The molecule has 0 aromatic carbocycles. The van der Waals surface area contributed by atoms with E-state index in [9.17, 15) is 4.79 Å². The van der Waals surface area contributed by atoms with Crippen molar-refractivity contribution in [1.82, 2.24) is 10.2 Å². The molecule has 2 aliphatic carbocycles. The maximum atomic E-state index is 12.5. The quantitative estimate of drug-likeness (QED) is 0.801. The van der Waals surface area contributed by atoms with Crippen LogP contribution in [0, 0.1) is 5.92 Å². The zero-order valence-electron chi connectivity index (χ0n) is 12.7. The molecule has 3 nitrogen and oxygen atoms in total. The minimum Gasteiger partial charge on any atom is -0.338 e. The smallest absolute Gasteiger partial charge is 0.236 e. The molecule has 1 N–H and O–H groups in total. The standard InChI is InChI=1S/C16H30N2O/c1-13(2)12-18(15-9-5-6-10-15)16(19)11-17-14-7-3-4-8-14/h13-15,17H,3-12H2,1-2H3. The van der Waals surface area contributed by atoms with Crippen molar-refractivity contribution in [3.63, 3.8) is 0 Å². The first-order valence-electron chi connectivity index (χ1n) is 8.19. The van der Waals surface area contributed by atoms with Gasteiger partial charge in [0.25, 0.3) is 0 Å². The first-order chi connectivity index (χ1) is 9.16. The van der Waals surface area contributed by atoms with E-state index in [1.165, 1.54) is 51.4 Å². The molecule has 0 aromatic rings. The molecule has 3 heteroatoms. The molecule has 19 heavy (non-hydrogen) atoms. The summed E-state index contributed by atoms with van der Waals surface area (Å²) in [6.45, 7) is 5.89. The molecule has 2 fully saturated rings. The first kappa shape index (κ1) is 14.8. The summed E-state index contributed by atoms with van der Waals surface area (Å²) in [6.07, 6.45) is 10.2. The molecule has 0 bridgehead atoms. The molecule has 0 radical (unpaired) electrons. The van der Waals surface area contributed by atoms with Gasteiger partial charge in [-0.15, -0.1) is 0 Å². The average Bonchev–Trinajstić information content (AvgIpc) is 3.05. The topological polar surface area (TPSA) is 32.3 Å². The Morgan fingerprint density at radius 1 is 1.11 bits per heavy atom. The number of rotatable bonds is 6. The molecule has 2 aliphatic rings. The molecule has 0 unspecified atom stereocenters. The number of nitrogens with one attached hydrogen (secondary N) is 1. The average molecular weight is 266 g/mol. The minimum absolute atomic E-state index is 0.326. The Hall–Kier alpha value is -0.570. The second-order valence-corrected chi connectivity index (χ2v) is 6.74. The highest BCUT2D eigenvalue weighted by molar-refractivity contribution is 5.78. The van der Waals surface area contributed by atoms with Crippen LogP contribution in [0.1, 0.15) is 65.2 Å². The number of hydrogen-bond acceptors (Lipinski definition) is 2. The van der Waals surface area contributed by atoms with Gasteiger partial charge in [0.15, 0.2) is 0 Å². The Bertz CT molecular complexity index is 278. The molecule has 1 amide bonds. The van der Waals surface area contributed by atoms with E-state index in [-0.39, 0.29) is 0 Å². The summed E-state index contributed by atoms with van der Waals surface area (Å²) in [7, 11) is 0. The van der Waals surface area contributed by atoms with Crippen LogP contribution in [0.4, 0.5) is 0 Å². The van der Waals surface area contributed by atoms with E-state index in [1.807, 2.05) is 0 Å². The number of amides is 1. The zero-order chi connectivity index (χ0) is 13.7. The molecule has 2 rings (SSSR count). The van der Waals surface area contributed by atoms with Crippen molar-refractivity contribution in [2.45, 2.75) is 77.3 Å². The van der Waals surface area contributed by atoms with Crippen molar-refractivity contribution in [2.24, 2.45) is 5.92 Å². The molecule has 0 aliphatic heterocycles. The van der Waals surface area contributed by atoms with Gasteiger partial charge in [-0.3, -0.25) is 4.79 Å². The summed E-state index contributed by atoms with van der Waals surface area (Å²) in [5.41, 5.74) is 0. The van der Waals surface area contributed by atoms with Crippen molar-refractivity contribution in [3.05, 3.63) is 0 Å². The lowest BCUT2D eigenvalue weighted by molar-refractivity contribution is -0.133. The lowest BCUT2D eigenvalue weighted by Crippen LogP contribution is -2.46. The molecule has 2 saturated carbocycles. The molecular weight excluding hydrogens is 236 g/mol. The third-order valence-electron chi connectivity index (χ3n) is 4.54. The third-order valence-corrected chi connectivity index (χ3v) is 4.54. The van der Waals surface area contributed by atoms with Gasteiger partial charge in [-0.1, -0.05) is 39.5 Å². The summed E-state index contributed by atoms with van der Waals surface area (Å²) < 4.78 is 0. The van der Waals surface area contributed by atoms with Crippen LogP contribution in [-0.2, 0) is 4.79 Å². The van der Waals surface area contributed by atoms with Gasteiger partial charge in [0.05, 0.1) is 6.54 Å². The van der Waals surface area contributed by atoms with Crippen LogP contribution in [0.15, 0.2) is 0 Å². The molecule has 0 saturated heterocycles. The molecule has 0 atom stereocenters. The van der Waals surface area contributed by atoms with E-state index in [1.54, 1.807) is 0 Å². The van der Waals surface area contributed by atoms with E-state index in [0.29, 0.717) is 30.5 Å². The highest BCUT2D eigenvalue weighted by atomic mass is 16.2. The van der Waals surface area contributed by atoms with Gasteiger partial charge in [-0.2, -0.15) is 0 Å². The Balaban J connectivity index is 1.83. The number of nitrogens with zero attached hydrogens (tertiary/aromatic N) is 1. The van der Waals surface area contributed by atoms with Crippen molar-refractivity contribution >= 4 is 5.91 Å². The summed E-state index contributed by atoms with van der Waals surface area (Å²) in [5, 5.41) is 3.47. The van der Waals surface area contributed by atoms with Crippen molar-refractivity contribution < 1.29 is 4.79 Å². The van der Waals surface area contributed by atoms with E-state index in [2.05, 4.69) is 24.1 Å². The van der Waals surface area contributed by atoms with E-state index in [0.717, 1.165) is 6.54 Å². The lowest BCUT2D eigenvalue weighted by Gasteiger charge is -2.31. The van der Waals surface area contributed by atoms with Crippen molar-refractivity contribution in [3.8, 4) is 0 Å². The lowest BCUT2D eigenvalue weighted by atomic mass is 10.1. The van der Waals surface area contributed by atoms with Gasteiger partial charge in [-0.05, 0) is 31.6 Å². The van der Waals surface area contributed by atoms with Gasteiger partial charge in [0.1, 0.15) is 0 Å². The Morgan fingerprint density at radius 3 is 2.26 bits per heavy atom. The largest absolute Gasteiger partial charge is 0.338 e. The van der Waals surface area contributed by atoms with Gasteiger partial charge < -0.3 is 10.2 Å². The highest BCUT2D eigenvalue weighted by Gasteiger charge is 2.27. The van der Waals surface area contributed by atoms with Crippen LogP contribution < -0.4 is 5.32 Å². The van der Waals surface area contributed by atoms with E-state index >= 15 is 0 Å². The van der Waals surface area contributed by atoms with Crippen LogP contribution in [0.5, 0.6) is 0 Å². The number of hydrogen-bond donors (Lipinski definition) is 1. The fourth-order valence-corrected chi connectivity index (χ4v) is 3.53. The summed E-state index contributed by atoms with van der Waals surface area (Å²) in [5.74, 6) is 0.892. The predicted molar refractivity (Wildman–Crippen MR) is 79.1 cm³/mol. The zero-order valence-corrected chi connectivity index (χ0v) is 12.7. The number of carbonyl (C=O) groups excluding carboxylic acids is 1. The Morgan fingerprint density at radius 2 is 1.68 bits per heavy atom. The minimum atomic E-state index is 0.326. The van der Waals surface area contributed by atoms with Crippen molar-refractivity contribution in [2.75, 3.05) is 13.1 Å². The second-order valence-electron chi connectivity index (χ2n) is 6.74. The highest BCUT2D eigenvalue weighted by Crippen LogP contribution is 2.24. The van der Waals surface area contributed by atoms with Crippen LogP contribution in [0.3, 0.4) is 0 Å². The van der Waals surface area contributed by atoms with Crippen LogP contribution in [-0.4, -0.2) is 36.0 Å². The monoisotopic (exact) mass is 266 g/mol. The molecule has 0 heterocycles. The van der Waals surface area contributed by atoms with Crippen LogP contribution in [0.2, 0.25) is 0 Å². The molecule has 110 valence electrons. The normalized spacial score (nSPS) is 21.4. The van der Waals surface area contributed by atoms with Crippen LogP contribution in [0.25, 0.3) is 0 Å². The maximum absolute atomic E-state index is 12.5. The van der Waals surface area contributed by atoms with Crippen molar-refractivity contribution in [1.29, 1.82) is 0 Å². The van der Waals surface area contributed by atoms with E-state index < -0.39 is 0 Å². The Kier molecular flexibility index (Phi) is 5.68.